The lowest BCUT2D eigenvalue weighted by Gasteiger charge is -2.10. The van der Waals surface area contributed by atoms with Crippen LogP contribution in [0.1, 0.15) is 30.8 Å². The van der Waals surface area contributed by atoms with E-state index in [-0.39, 0.29) is 5.56 Å². The first-order valence-corrected chi connectivity index (χ1v) is 6.84. The first-order valence-electron chi connectivity index (χ1n) is 6.84. The van der Waals surface area contributed by atoms with Gasteiger partial charge in [-0.15, -0.1) is 0 Å². The molecular formula is C16H17FN2O2. The van der Waals surface area contributed by atoms with Crippen molar-refractivity contribution in [3.05, 3.63) is 53.1 Å². The number of aryl methyl sites for hydroxylation is 2. The molecule has 1 heterocycles. The minimum absolute atomic E-state index is 0.223. The zero-order valence-corrected chi connectivity index (χ0v) is 12.0. The molecule has 0 fully saturated rings. The third-order valence-corrected chi connectivity index (χ3v) is 3.21. The van der Waals surface area contributed by atoms with Crippen LogP contribution in [0.3, 0.4) is 0 Å². The van der Waals surface area contributed by atoms with Crippen LogP contribution in [0.25, 0.3) is 11.8 Å². The fraction of sp³-hybridized carbons (Fsp3) is 0.250. The Bertz CT molecular complexity index is 690. The Morgan fingerprint density at radius 1 is 1.38 bits per heavy atom. The molecule has 1 N–H and O–H groups in total. The molecule has 0 atom stereocenters. The van der Waals surface area contributed by atoms with Crippen LogP contribution >= 0.6 is 0 Å². The fourth-order valence-electron chi connectivity index (χ4n) is 2.14. The molecule has 1 aromatic heterocycles. The highest BCUT2D eigenvalue weighted by Crippen LogP contribution is 2.22. The number of benzene rings is 1. The van der Waals surface area contributed by atoms with Gasteiger partial charge in [0.05, 0.1) is 11.4 Å². The molecule has 5 heteroatoms. The minimum Gasteiger partial charge on any atom is -0.478 e. The average Bonchev–Trinajstić information content (AvgIpc) is 2.88. The van der Waals surface area contributed by atoms with Crippen LogP contribution < -0.4 is 0 Å². The summed E-state index contributed by atoms with van der Waals surface area (Å²) >= 11 is 0. The number of aliphatic carboxylic acids is 1. The van der Waals surface area contributed by atoms with E-state index >= 15 is 0 Å². The average molecular weight is 288 g/mol. The summed E-state index contributed by atoms with van der Waals surface area (Å²) < 4.78 is 15.7. The molecule has 0 aliphatic carbocycles. The Labute approximate surface area is 122 Å². The maximum Gasteiger partial charge on any atom is 0.328 e. The number of carboxylic acids is 1. The predicted molar refractivity (Wildman–Crippen MR) is 78.9 cm³/mol. The van der Waals surface area contributed by atoms with E-state index < -0.39 is 11.8 Å². The van der Waals surface area contributed by atoms with Crippen molar-refractivity contribution in [3.63, 3.8) is 0 Å². The van der Waals surface area contributed by atoms with Gasteiger partial charge in [0.2, 0.25) is 0 Å². The van der Waals surface area contributed by atoms with E-state index in [9.17, 15) is 9.18 Å². The molecule has 0 bridgehead atoms. The van der Waals surface area contributed by atoms with Crippen molar-refractivity contribution < 1.29 is 14.3 Å². The molecule has 0 amide bonds. The van der Waals surface area contributed by atoms with Gasteiger partial charge in [-0.3, -0.25) is 0 Å². The molecular weight excluding hydrogens is 271 g/mol. The van der Waals surface area contributed by atoms with Crippen molar-refractivity contribution in [2.45, 2.75) is 26.7 Å². The van der Waals surface area contributed by atoms with Crippen LogP contribution in [-0.2, 0) is 17.6 Å². The summed E-state index contributed by atoms with van der Waals surface area (Å²) in [6, 6.07) is 6.61. The van der Waals surface area contributed by atoms with E-state index in [0.29, 0.717) is 5.69 Å². The highest BCUT2D eigenvalue weighted by atomic mass is 19.1. The van der Waals surface area contributed by atoms with E-state index in [0.717, 1.165) is 30.3 Å². The van der Waals surface area contributed by atoms with Crippen LogP contribution in [0.15, 0.2) is 30.3 Å². The van der Waals surface area contributed by atoms with Crippen LogP contribution in [0, 0.1) is 5.82 Å². The Morgan fingerprint density at radius 2 is 2.14 bits per heavy atom. The minimum atomic E-state index is -1.12. The summed E-state index contributed by atoms with van der Waals surface area (Å²) in [5.74, 6) is -1.59. The number of carboxylic acid groups (broad SMARTS) is 1. The molecule has 0 spiro atoms. The van der Waals surface area contributed by atoms with Gasteiger partial charge in [-0.1, -0.05) is 19.9 Å². The molecule has 2 rings (SSSR count). The molecule has 4 nitrogen and oxygen atoms in total. The zero-order chi connectivity index (χ0) is 15.4. The third kappa shape index (κ3) is 3.18. The van der Waals surface area contributed by atoms with E-state index in [1.54, 1.807) is 16.8 Å². The number of rotatable bonds is 5. The number of carbonyl (C=O) groups is 1. The normalized spacial score (nSPS) is 11.2. The molecule has 21 heavy (non-hydrogen) atoms. The molecule has 1 aromatic carbocycles. The largest absolute Gasteiger partial charge is 0.478 e. The Balaban J connectivity index is 2.61. The highest BCUT2D eigenvalue weighted by molar-refractivity contribution is 5.86. The number of aromatic nitrogens is 2. The lowest BCUT2D eigenvalue weighted by molar-refractivity contribution is -0.131. The van der Waals surface area contributed by atoms with Gasteiger partial charge in [-0.25, -0.2) is 13.9 Å². The van der Waals surface area contributed by atoms with E-state index in [4.69, 9.17) is 5.11 Å². The maximum atomic E-state index is 14.0. The standard InChI is InChI=1S/C16H17FN2O2/c1-3-11-10-12(4-2)19(18-11)15-7-5-6-14(17)13(15)8-9-16(20)21/h5-10H,3-4H2,1-2H3,(H,20,21)/b9-8+. The summed E-state index contributed by atoms with van der Waals surface area (Å²) in [6.07, 6.45) is 3.73. The van der Waals surface area contributed by atoms with E-state index in [1.807, 2.05) is 19.9 Å². The second-order valence-electron chi connectivity index (χ2n) is 4.59. The molecule has 0 saturated carbocycles. The number of hydrogen-bond acceptors (Lipinski definition) is 2. The number of halogens is 1. The molecule has 0 saturated heterocycles. The molecule has 110 valence electrons. The van der Waals surface area contributed by atoms with Gasteiger partial charge in [-0.05, 0) is 37.1 Å². The van der Waals surface area contributed by atoms with Gasteiger partial charge in [0.25, 0.3) is 0 Å². The molecule has 0 radical (unpaired) electrons. The Hall–Kier alpha value is -2.43. The maximum absolute atomic E-state index is 14.0. The fourth-order valence-corrected chi connectivity index (χ4v) is 2.14. The monoisotopic (exact) mass is 288 g/mol. The van der Waals surface area contributed by atoms with Crippen LogP contribution in [0.4, 0.5) is 4.39 Å². The van der Waals surface area contributed by atoms with Gasteiger partial charge in [-0.2, -0.15) is 5.10 Å². The summed E-state index contributed by atoms with van der Waals surface area (Å²) in [6.45, 7) is 4.00. The van der Waals surface area contributed by atoms with Crippen molar-refractivity contribution in [1.82, 2.24) is 9.78 Å². The zero-order valence-electron chi connectivity index (χ0n) is 12.0. The second kappa shape index (κ2) is 6.35. The third-order valence-electron chi connectivity index (χ3n) is 3.21. The van der Waals surface area contributed by atoms with Gasteiger partial charge < -0.3 is 5.11 Å². The Kier molecular flexibility index (Phi) is 4.52. The second-order valence-corrected chi connectivity index (χ2v) is 4.59. The van der Waals surface area contributed by atoms with Crippen molar-refractivity contribution in [2.24, 2.45) is 0 Å². The van der Waals surface area contributed by atoms with Gasteiger partial charge >= 0.3 is 5.97 Å². The van der Waals surface area contributed by atoms with Crippen molar-refractivity contribution in [1.29, 1.82) is 0 Å². The van der Waals surface area contributed by atoms with Gasteiger partial charge in [0.15, 0.2) is 0 Å². The summed E-state index contributed by atoms with van der Waals surface area (Å²) in [7, 11) is 0. The first kappa shape index (κ1) is 15.0. The smallest absolute Gasteiger partial charge is 0.328 e. The van der Waals surface area contributed by atoms with Crippen molar-refractivity contribution in [2.75, 3.05) is 0 Å². The van der Waals surface area contributed by atoms with Gasteiger partial charge in [0.1, 0.15) is 5.82 Å². The molecule has 2 aromatic rings. The quantitative estimate of drug-likeness (QED) is 0.859. The molecule has 0 unspecified atom stereocenters. The molecule has 0 aliphatic heterocycles. The Morgan fingerprint density at radius 3 is 2.76 bits per heavy atom. The van der Waals surface area contributed by atoms with Gasteiger partial charge in [0, 0.05) is 17.3 Å². The van der Waals surface area contributed by atoms with E-state index in [1.165, 1.54) is 12.1 Å². The molecule has 0 aliphatic rings. The van der Waals surface area contributed by atoms with E-state index in [2.05, 4.69) is 5.10 Å². The highest BCUT2D eigenvalue weighted by Gasteiger charge is 2.13. The number of hydrogen-bond donors (Lipinski definition) is 1. The lowest BCUT2D eigenvalue weighted by Crippen LogP contribution is -2.05. The summed E-state index contributed by atoms with van der Waals surface area (Å²) in [4.78, 5) is 10.7. The van der Waals surface area contributed by atoms with Crippen molar-refractivity contribution >= 4 is 12.0 Å². The first-order chi connectivity index (χ1) is 10.1. The topological polar surface area (TPSA) is 55.1 Å². The summed E-state index contributed by atoms with van der Waals surface area (Å²) in [5, 5.41) is 13.2. The SMILES string of the molecule is CCc1cc(CC)n(-c2cccc(F)c2/C=C/C(=O)O)n1. The van der Waals surface area contributed by atoms with Crippen LogP contribution in [-0.4, -0.2) is 20.9 Å². The predicted octanol–water partition coefficient (Wildman–Crippen LogP) is 3.23. The van der Waals surface area contributed by atoms with Crippen LogP contribution in [0.5, 0.6) is 0 Å². The van der Waals surface area contributed by atoms with Crippen LogP contribution in [0.2, 0.25) is 0 Å². The van der Waals surface area contributed by atoms with Crippen molar-refractivity contribution in [3.8, 4) is 5.69 Å². The summed E-state index contributed by atoms with van der Waals surface area (Å²) in [5.41, 5.74) is 2.65. The number of nitrogens with zero attached hydrogens (tertiary/aromatic N) is 2. The lowest BCUT2D eigenvalue weighted by atomic mass is 10.1.